The van der Waals surface area contributed by atoms with Crippen LogP contribution in [0.25, 0.3) is 0 Å². The van der Waals surface area contributed by atoms with Crippen molar-refractivity contribution >= 4 is 23.4 Å². The molecule has 2 rings (SSSR count). The largest absolute Gasteiger partial charge is 0.496 e. The van der Waals surface area contributed by atoms with Gasteiger partial charge in [-0.15, -0.1) is 0 Å². The molecule has 0 aliphatic carbocycles. The predicted molar refractivity (Wildman–Crippen MR) is 85.3 cm³/mol. The van der Waals surface area contributed by atoms with Crippen LogP contribution >= 0.6 is 11.6 Å². The number of carbonyl (C=O) groups is 1. The molecule has 1 atom stereocenters. The molecule has 0 spiro atoms. The zero-order valence-corrected chi connectivity index (χ0v) is 13.4. The van der Waals surface area contributed by atoms with E-state index in [1.54, 1.807) is 18.2 Å². The number of carboxylic acids is 1. The molecule has 0 radical (unpaired) electrons. The van der Waals surface area contributed by atoms with E-state index in [1.165, 1.54) is 18.0 Å². The number of aromatic nitrogens is 2. The third kappa shape index (κ3) is 4.00. The van der Waals surface area contributed by atoms with Gasteiger partial charge in [0.05, 0.1) is 25.0 Å². The van der Waals surface area contributed by atoms with Crippen LogP contribution in [-0.4, -0.2) is 38.9 Å². The van der Waals surface area contributed by atoms with Gasteiger partial charge in [-0.2, -0.15) is 4.68 Å². The number of ether oxygens (including phenoxy) is 1. The number of carboxylic acid groups (broad SMARTS) is 1. The molecule has 0 saturated heterocycles. The summed E-state index contributed by atoms with van der Waals surface area (Å²) >= 11 is 5.78. The Hall–Kier alpha value is -2.65. The molecule has 1 aromatic heterocycles. The van der Waals surface area contributed by atoms with Crippen LogP contribution < -0.4 is 10.5 Å². The number of nitrogens with zero attached hydrogens (tertiary/aromatic N) is 3. The number of hydrogen-bond donors (Lipinski definition) is 2. The van der Waals surface area contributed by atoms with Gasteiger partial charge in [0.15, 0.2) is 5.02 Å². The number of aliphatic carboxylic acids is 1. The SMILES string of the molecule is COc1ccc(CC(N)C(=O)O)cc1Cn1cc(Cl)c([N+](=O)[O-])n1. The first kappa shape index (κ1) is 17.7. The highest BCUT2D eigenvalue weighted by Gasteiger charge is 2.20. The molecule has 0 fully saturated rings. The van der Waals surface area contributed by atoms with E-state index < -0.39 is 22.8 Å². The lowest BCUT2D eigenvalue weighted by molar-refractivity contribution is -0.389. The minimum Gasteiger partial charge on any atom is -0.496 e. The van der Waals surface area contributed by atoms with Gasteiger partial charge >= 0.3 is 11.8 Å². The standard InChI is InChI=1S/C14H15ClN4O5/c1-24-12-3-2-8(5-11(16)14(20)21)4-9(12)6-18-7-10(15)13(17-18)19(22)23/h2-4,7,11H,5-6,16H2,1H3,(H,20,21). The number of halogens is 1. The van der Waals surface area contributed by atoms with E-state index in [4.69, 9.17) is 27.2 Å². The van der Waals surface area contributed by atoms with Crippen LogP contribution in [0.15, 0.2) is 24.4 Å². The average Bonchev–Trinajstić information content (AvgIpc) is 2.88. The second-order valence-electron chi connectivity index (χ2n) is 5.05. The van der Waals surface area contributed by atoms with Crippen molar-refractivity contribution in [3.63, 3.8) is 0 Å². The maximum absolute atomic E-state index is 10.9. The van der Waals surface area contributed by atoms with E-state index in [0.717, 1.165) is 0 Å². The molecule has 0 amide bonds. The fraction of sp³-hybridized carbons (Fsp3) is 0.286. The van der Waals surface area contributed by atoms with Gasteiger partial charge in [0.1, 0.15) is 11.8 Å². The predicted octanol–water partition coefficient (Wildman–Crippen LogP) is 1.46. The van der Waals surface area contributed by atoms with Gasteiger partial charge < -0.3 is 25.7 Å². The minimum atomic E-state index is -1.10. The third-order valence-corrected chi connectivity index (χ3v) is 3.59. The first-order valence-electron chi connectivity index (χ1n) is 6.83. The molecule has 1 unspecified atom stereocenters. The molecular weight excluding hydrogens is 340 g/mol. The lowest BCUT2D eigenvalue weighted by Gasteiger charge is -2.11. The molecule has 24 heavy (non-hydrogen) atoms. The van der Waals surface area contributed by atoms with Crippen molar-refractivity contribution in [3.8, 4) is 5.75 Å². The Kier molecular flexibility index (Phi) is 5.37. The van der Waals surface area contributed by atoms with Crippen LogP contribution in [0.2, 0.25) is 5.02 Å². The molecule has 10 heteroatoms. The van der Waals surface area contributed by atoms with Gasteiger partial charge in [-0.25, -0.2) is 0 Å². The number of nitrogens with two attached hydrogens (primary N) is 1. The Balaban J connectivity index is 2.29. The summed E-state index contributed by atoms with van der Waals surface area (Å²) in [5.41, 5.74) is 6.91. The number of benzene rings is 1. The van der Waals surface area contributed by atoms with Crippen LogP contribution in [0, 0.1) is 10.1 Å². The highest BCUT2D eigenvalue weighted by Crippen LogP contribution is 2.25. The summed E-state index contributed by atoms with van der Waals surface area (Å²) in [6.45, 7) is 0.173. The Morgan fingerprint density at radius 3 is 2.83 bits per heavy atom. The molecule has 0 bridgehead atoms. The first-order chi connectivity index (χ1) is 11.3. The normalized spacial score (nSPS) is 12.0. The molecule has 0 aliphatic heterocycles. The van der Waals surface area contributed by atoms with Crippen molar-refractivity contribution in [2.24, 2.45) is 5.73 Å². The van der Waals surface area contributed by atoms with Gasteiger partial charge in [0.2, 0.25) is 0 Å². The Morgan fingerprint density at radius 2 is 2.29 bits per heavy atom. The number of rotatable bonds is 7. The molecule has 0 saturated carbocycles. The summed E-state index contributed by atoms with van der Waals surface area (Å²) in [5.74, 6) is -0.988. The molecule has 128 valence electrons. The van der Waals surface area contributed by atoms with Crippen LogP contribution in [0.3, 0.4) is 0 Å². The second-order valence-corrected chi connectivity index (χ2v) is 5.46. The number of methoxy groups -OCH3 is 1. The summed E-state index contributed by atoms with van der Waals surface area (Å²) in [7, 11) is 1.49. The number of hydrogen-bond acceptors (Lipinski definition) is 6. The van der Waals surface area contributed by atoms with E-state index in [0.29, 0.717) is 16.9 Å². The number of nitro groups is 1. The van der Waals surface area contributed by atoms with E-state index in [-0.39, 0.29) is 18.0 Å². The van der Waals surface area contributed by atoms with Crippen molar-refractivity contribution in [1.29, 1.82) is 0 Å². The van der Waals surface area contributed by atoms with E-state index in [2.05, 4.69) is 5.10 Å². The van der Waals surface area contributed by atoms with Crippen molar-refractivity contribution in [2.45, 2.75) is 19.0 Å². The fourth-order valence-corrected chi connectivity index (χ4v) is 2.41. The van der Waals surface area contributed by atoms with Gasteiger partial charge in [0, 0.05) is 5.56 Å². The zero-order valence-electron chi connectivity index (χ0n) is 12.7. The molecule has 2 aromatic rings. The van der Waals surface area contributed by atoms with E-state index in [9.17, 15) is 14.9 Å². The monoisotopic (exact) mass is 354 g/mol. The van der Waals surface area contributed by atoms with Gasteiger partial charge in [-0.05, 0) is 23.0 Å². The smallest absolute Gasteiger partial charge is 0.408 e. The maximum Gasteiger partial charge on any atom is 0.408 e. The van der Waals surface area contributed by atoms with Crippen LogP contribution in [0.5, 0.6) is 5.75 Å². The summed E-state index contributed by atoms with van der Waals surface area (Å²) in [6, 6.07) is 4.09. The van der Waals surface area contributed by atoms with Gasteiger partial charge in [-0.3, -0.25) is 4.79 Å². The van der Waals surface area contributed by atoms with Crippen molar-refractivity contribution < 1.29 is 19.6 Å². The molecule has 1 heterocycles. The summed E-state index contributed by atoms with van der Waals surface area (Å²) in [4.78, 5) is 21.0. The van der Waals surface area contributed by atoms with E-state index in [1.807, 2.05) is 0 Å². The zero-order chi connectivity index (χ0) is 17.9. The quantitative estimate of drug-likeness (QED) is 0.567. The molecule has 0 aliphatic rings. The first-order valence-corrected chi connectivity index (χ1v) is 7.21. The van der Waals surface area contributed by atoms with Crippen LogP contribution in [0.4, 0.5) is 5.82 Å². The second kappa shape index (κ2) is 7.28. The minimum absolute atomic E-state index is 0.0666. The van der Waals surface area contributed by atoms with Gasteiger partial charge in [-0.1, -0.05) is 23.7 Å². The molecule has 3 N–H and O–H groups in total. The topological polar surface area (TPSA) is 134 Å². The van der Waals surface area contributed by atoms with Crippen molar-refractivity contribution in [3.05, 3.63) is 50.7 Å². The van der Waals surface area contributed by atoms with Crippen molar-refractivity contribution in [1.82, 2.24) is 9.78 Å². The van der Waals surface area contributed by atoms with Gasteiger partial charge in [0.25, 0.3) is 0 Å². The Morgan fingerprint density at radius 1 is 1.58 bits per heavy atom. The highest BCUT2D eigenvalue weighted by molar-refractivity contribution is 6.32. The van der Waals surface area contributed by atoms with Crippen LogP contribution in [-0.2, 0) is 17.8 Å². The Labute approximate surface area is 141 Å². The highest BCUT2D eigenvalue weighted by atomic mass is 35.5. The third-order valence-electron chi connectivity index (χ3n) is 3.32. The fourth-order valence-electron chi connectivity index (χ4n) is 2.19. The molecule has 1 aromatic carbocycles. The Bertz CT molecular complexity index is 777. The summed E-state index contributed by atoms with van der Waals surface area (Å²) < 4.78 is 6.57. The van der Waals surface area contributed by atoms with Crippen LogP contribution in [0.1, 0.15) is 11.1 Å². The molecule has 9 nitrogen and oxygen atoms in total. The lowest BCUT2D eigenvalue weighted by Crippen LogP contribution is -2.32. The van der Waals surface area contributed by atoms with E-state index >= 15 is 0 Å². The lowest BCUT2D eigenvalue weighted by atomic mass is 10.0. The summed E-state index contributed by atoms with van der Waals surface area (Å²) in [6.07, 6.45) is 1.49. The van der Waals surface area contributed by atoms with Crippen molar-refractivity contribution in [2.75, 3.05) is 7.11 Å². The average molecular weight is 355 g/mol. The molecular formula is C14H15ClN4O5. The summed E-state index contributed by atoms with van der Waals surface area (Å²) in [5, 5.41) is 23.4. The maximum atomic E-state index is 10.9.